The molecule has 1 fully saturated rings. The van der Waals surface area contributed by atoms with Gasteiger partial charge in [0.2, 0.25) is 0 Å². The molecule has 0 aromatic heterocycles. The quantitative estimate of drug-likeness (QED) is 0.728. The highest BCUT2D eigenvalue weighted by molar-refractivity contribution is 4.81. The maximum absolute atomic E-state index is 3.78. The Labute approximate surface area is 96.0 Å². The first-order chi connectivity index (χ1) is 7.13. The van der Waals surface area contributed by atoms with Crippen molar-refractivity contribution in [3.63, 3.8) is 0 Å². The molecular weight excluding hydrogens is 182 g/mol. The van der Waals surface area contributed by atoms with Crippen molar-refractivity contribution in [2.45, 2.75) is 65.8 Å². The maximum Gasteiger partial charge on any atom is 0.00930 e. The van der Waals surface area contributed by atoms with E-state index in [-0.39, 0.29) is 0 Å². The van der Waals surface area contributed by atoms with Crippen LogP contribution in [0.3, 0.4) is 0 Å². The van der Waals surface area contributed by atoms with Crippen LogP contribution in [0.4, 0.5) is 0 Å². The van der Waals surface area contributed by atoms with Crippen molar-refractivity contribution in [1.82, 2.24) is 5.32 Å². The van der Waals surface area contributed by atoms with Gasteiger partial charge in [0.1, 0.15) is 0 Å². The molecule has 0 aromatic carbocycles. The van der Waals surface area contributed by atoms with Gasteiger partial charge in [-0.3, -0.25) is 0 Å². The first-order valence-electron chi connectivity index (χ1n) is 6.86. The summed E-state index contributed by atoms with van der Waals surface area (Å²) in [7, 11) is 0. The molecule has 0 spiro atoms. The maximum atomic E-state index is 3.78. The fourth-order valence-corrected chi connectivity index (χ4v) is 2.92. The van der Waals surface area contributed by atoms with Crippen molar-refractivity contribution in [3.05, 3.63) is 0 Å². The summed E-state index contributed by atoms with van der Waals surface area (Å²) >= 11 is 0. The third-order valence-corrected chi connectivity index (χ3v) is 3.94. The van der Waals surface area contributed by atoms with Gasteiger partial charge in [-0.25, -0.2) is 0 Å². The Hall–Kier alpha value is -0.0400. The van der Waals surface area contributed by atoms with Crippen LogP contribution in [-0.2, 0) is 0 Å². The molecule has 4 unspecified atom stereocenters. The van der Waals surface area contributed by atoms with Crippen LogP contribution in [0.1, 0.15) is 59.8 Å². The molecule has 0 aliphatic heterocycles. The molecule has 1 rings (SSSR count). The Kier molecular flexibility index (Phi) is 5.66. The average Bonchev–Trinajstić information content (AvgIpc) is 2.17. The molecule has 0 saturated heterocycles. The van der Waals surface area contributed by atoms with Crippen molar-refractivity contribution in [3.8, 4) is 0 Å². The zero-order valence-corrected chi connectivity index (χ0v) is 11.1. The highest BCUT2D eigenvalue weighted by Gasteiger charge is 2.24. The van der Waals surface area contributed by atoms with Gasteiger partial charge in [-0.2, -0.15) is 0 Å². The van der Waals surface area contributed by atoms with E-state index in [4.69, 9.17) is 0 Å². The van der Waals surface area contributed by atoms with Crippen LogP contribution in [-0.4, -0.2) is 12.6 Å². The predicted molar refractivity (Wildman–Crippen MR) is 68.0 cm³/mol. The van der Waals surface area contributed by atoms with Crippen molar-refractivity contribution in [2.24, 2.45) is 17.8 Å². The van der Waals surface area contributed by atoms with Crippen LogP contribution >= 0.6 is 0 Å². The molecule has 0 aromatic rings. The lowest BCUT2D eigenvalue weighted by molar-refractivity contribution is 0.221. The zero-order valence-electron chi connectivity index (χ0n) is 11.1. The molecule has 1 aliphatic rings. The summed E-state index contributed by atoms with van der Waals surface area (Å²) in [5.41, 5.74) is 0. The van der Waals surface area contributed by atoms with Crippen LogP contribution in [0, 0.1) is 17.8 Å². The summed E-state index contributed by atoms with van der Waals surface area (Å²) in [5, 5.41) is 3.78. The van der Waals surface area contributed by atoms with Gasteiger partial charge in [-0.05, 0) is 50.0 Å². The van der Waals surface area contributed by atoms with Crippen LogP contribution < -0.4 is 5.32 Å². The molecule has 90 valence electrons. The smallest absolute Gasteiger partial charge is 0.00930 e. The summed E-state index contributed by atoms with van der Waals surface area (Å²) in [6, 6.07) is 0.792. The second-order valence-corrected chi connectivity index (χ2v) is 5.80. The topological polar surface area (TPSA) is 12.0 Å². The number of hydrogen-bond donors (Lipinski definition) is 1. The Balaban J connectivity index is 2.20. The highest BCUT2D eigenvalue weighted by Crippen LogP contribution is 2.28. The van der Waals surface area contributed by atoms with Crippen LogP contribution in [0.25, 0.3) is 0 Å². The summed E-state index contributed by atoms with van der Waals surface area (Å²) in [6.07, 6.45) is 6.91. The normalized spacial score (nSPS) is 34.0. The highest BCUT2D eigenvalue weighted by atomic mass is 14.9. The van der Waals surface area contributed by atoms with Crippen LogP contribution in [0.15, 0.2) is 0 Å². The summed E-state index contributed by atoms with van der Waals surface area (Å²) < 4.78 is 0. The number of rotatable bonds is 5. The standard InChI is InChI=1S/C14H29N/c1-5-6-12(3)10-15-14-8-7-11(2)9-13(14)4/h11-15H,5-10H2,1-4H3. The molecule has 0 radical (unpaired) electrons. The van der Waals surface area contributed by atoms with Crippen molar-refractivity contribution in [1.29, 1.82) is 0 Å². The predicted octanol–water partition coefficient (Wildman–Crippen LogP) is 3.84. The van der Waals surface area contributed by atoms with E-state index in [1.807, 2.05) is 0 Å². The minimum absolute atomic E-state index is 0.792. The van der Waals surface area contributed by atoms with Crippen LogP contribution in [0.5, 0.6) is 0 Å². The fraction of sp³-hybridized carbons (Fsp3) is 1.00. The Morgan fingerprint density at radius 3 is 2.60 bits per heavy atom. The van der Waals surface area contributed by atoms with E-state index in [0.717, 1.165) is 23.8 Å². The lowest BCUT2D eigenvalue weighted by Gasteiger charge is -2.34. The Morgan fingerprint density at radius 1 is 1.27 bits per heavy atom. The Morgan fingerprint density at radius 2 is 2.00 bits per heavy atom. The zero-order chi connectivity index (χ0) is 11.3. The average molecular weight is 211 g/mol. The monoisotopic (exact) mass is 211 g/mol. The molecule has 1 N–H and O–H groups in total. The van der Waals surface area contributed by atoms with E-state index in [1.165, 1.54) is 38.6 Å². The second kappa shape index (κ2) is 6.52. The third-order valence-electron chi connectivity index (χ3n) is 3.94. The summed E-state index contributed by atoms with van der Waals surface area (Å²) in [6.45, 7) is 10.7. The van der Waals surface area contributed by atoms with Crippen molar-refractivity contribution >= 4 is 0 Å². The second-order valence-electron chi connectivity index (χ2n) is 5.80. The van der Waals surface area contributed by atoms with E-state index < -0.39 is 0 Å². The lowest BCUT2D eigenvalue weighted by Crippen LogP contribution is -2.40. The molecule has 1 nitrogen and oxygen atoms in total. The van der Waals surface area contributed by atoms with Gasteiger partial charge in [-0.15, -0.1) is 0 Å². The molecular formula is C14H29N. The minimum atomic E-state index is 0.792. The van der Waals surface area contributed by atoms with Crippen molar-refractivity contribution in [2.75, 3.05) is 6.54 Å². The van der Waals surface area contributed by atoms with Gasteiger partial charge in [0, 0.05) is 6.04 Å². The first-order valence-corrected chi connectivity index (χ1v) is 6.86. The molecule has 0 bridgehead atoms. The van der Waals surface area contributed by atoms with E-state index in [0.29, 0.717) is 0 Å². The number of nitrogens with one attached hydrogen (secondary N) is 1. The van der Waals surface area contributed by atoms with E-state index in [9.17, 15) is 0 Å². The number of hydrogen-bond acceptors (Lipinski definition) is 1. The van der Waals surface area contributed by atoms with E-state index >= 15 is 0 Å². The SMILES string of the molecule is CCCC(C)CNC1CCC(C)CC1C. The fourth-order valence-electron chi connectivity index (χ4n) is 2.92. The lowest BCUT2D eigenvalue weighted by atomic mass is 9.80. The van der Waals surface area contributed by atoms with Gasteiger partial charge in [0.05, 0.1) is 0 Å². The molecule has 0 amide bonds. The van der Waals surface area contributed by atoms with Gasteiger partial charge in [-0.1, -0.05) is 34.1 Å². The van der Waals surface area contributed by atoms with Crippen molar-refractivity contribution < 1.29 is 0 Å². The van der Waals surface area contributed by atoms with Gasteiger partial charge < -0.3 is 5.32 Å². The summed E-state index contributed by atoms with van der Waals surface area (Å²) in [5.74, 6) is 2.68. The molecule has 15 heavy (non-hydrogen) atoms. The third kappa shape index (κ3) is 4.55. The van der Waals surface area contributed by atoms with Crippen LogP contribution in [0.2, 0.25) is 0 Å². The van der Waals surface area contributed by atoms with Gasteiger partial charge in [0.25, 0.3) is 0 Å². The largest absolute Gasteiger partial charge is 0.313 e. The molecule has 0 heterocycles. The van der Waals surface area contributed by atoms with E-state index in [1.54, 1.807) is 0 Å². The van der Waals surface area contributed by atoms with Gasteiger partial charge >= 0.3 is 0 Å². The molecule has 1 aliphatic carbocycles. The first kappa shape index (κ1) is 13.0. The van der Waals surface area contributed by atoms with Gasteiger partial charge in [0.15, 0.2) is 0 Å². The molecule has 4 atom stereocenters. The minimum Gasteiger partial charge on any atom is -0.313 e. The van der Waals surface area contributed by atoms with E-state index in [2.05, 4.69) is 33.0 Å². The molecule has 1 heteroatoms. The molecule has 1 saturated carbocycles. The Bertz CT molecular complexity index is 167. The summed E-state index contributed by atoms with van der Waals surface area (Å²) in [4.78, 5) is 0.